The van der Waals surface area contributed by atoms with E-state index >= 15 is 0 Å². The van der Waals surface area contributed by atoms with Crippen molar-refractivity contribution in [2.45, 2.75) is 112 Å². The molecule has 4 aromatic carbocycles. The van der Waals surface area contributed by atoms with E-state index in [0.29, 0.717) is 23.1 Å². The molecule has 0 aliphatic carbocycles. The lowest BCUT2D eigenvalue weighted by atomic mass is 9.57. The molecule has 0 saturated heterocycles. The number of ether oxygens (including phenoxy) is 1. The minimum Gasteiger partial charge on any atom is -0.471 e. The van der Waals surface area contributed by atoms with Gasteiger partial charge in [-0.25, -0.2) is 4.68 Å². The lowest BCUT2D eigenvalue weighted by molar-refractivity contribution is -0.385. The zero-order valence-electron chi connectivity index (χ0n) is 33.2. The number of rotatable bonds is 17. The molecule has 0 aliphatic rings. The van der Waals surface area contributed by atoms with Crippen LogP contribution in [0.1, 0.15) is 122 Å². The second kappa shape index (κ2) is 16.5. The van der Waals surface area contributed by atoms with Crippen molar-refractivity contribution in [3.63, 3.8) is 0 Å². The fraction of sp³-hybridized carbons (Fsp3) is 0.435. The second-order valence-electron chi connectivity index (χ2n) is 16.5. The van der Waals surface area contributed by atoms with E-state index in [0.717, 1.165) is 30.5 Å². The molecule has 0 radical (unpaired) electrons. The van der Waals surface area contributed by atoms with Crippen LogP contribution < -0.4 is 4.74 Å². The van der Waals surface area contributed by atoms with Crippen LogP contribution in [-0.4, -0.2) is 19.9 Å². The third kappa shape index (κ3) is 8.72. The van der Waals surface area contributed by atoms with Gasteiger partial charge in [0.05, 0.1) is 16.8 Å². The van der Waals surface area contributed by atoms with E-state index in [-0.39, 0.29) is 39.5 Å². The molecular formula is C46H58N4O3. The van der Waals surface area contributed by atoms with Crippen LogP contribution in [0.5, 0.6) is 5.75 Å². The fourth-order valence-corrected chi connectivity index (χ4v) is 8.30. The molecule has 1 aromatic heterocycles. The first-order chi connectivity index (χ1) is 25.2. The molecular weight excluding hydrogens is 657 g/mol. The van der Waals surface area contributed by atoms with Crippen molar-refractivity contribution < 1.29 is 9.66 Å². The first-order valence-corrected chi connectivity index (χ1v) is 19.2. The normalized spacial score (nSPS) is 14.5. The molecule has 0 fully saturated rings. The molecule has 280 valence electrons. The summed E-state index contributed by atoms with van der Waals surface area (Å²) in [5, 5.41) is 20.1. The number of nitrogens with zero attached hydrogens (tertiary/aromatic N) is 4. The lowest BCUT2D eigenvalue weighted by Gasteiger charge is -2.47. The third-order valence-corrected chi connectivity index (χ3v) is 12.0. The van der Waals surface area contributed by atoms with Crippen molar-refractivity contribution in [2.24, 2.45) is 16.7 Å². The van der Waals surface area contributed by atoms with Crippen LogP contribution in [0.4, 0.5) is 5.69 Å². The third-order valence-electron chi connectivity index (χ3n) is 12.0. The lowest BCUT2D eigenvalue weighted by Crippen LogP contribution is -2.38. The predicted octanol–water partition coefficient (Wildman–Crippen LogP) is 12.4. The number of aromatic nitrogens is 3. The molecule has 3 atom stereocenters. The summed E-state index contributed by atoms with van der Waals surface area (Å²) in [6, 6.07) is 36.0. The topological polar surface area (TPSA) is 83.1 Å². The van der Waals surface area contributed by atoms with Crippen molar-refractivity contribution in [1.82, 2.24) is 15.0 Å². The van der Waals surface area contributed by atoms with Crippen LogP contribution in [0.15, 0.2) is 109 Å². The maximum atomic E-state index is 11.6. The van der Waals surface area contributed by atoms with Crippen LogP contribution in [0.2, 0.25) is 0 Å². The summed E-state index contributed by atoms with van der Waals surface area (Å²) >= 11 is 0. The predicted molar refractivity (Wildman–Crippen MR) is 216 cm³/mol. The van der Waals surface area contributed by atoms with Crippen LogP contribution >= 0.6 is 0 Å². The molecule has 5 aromatic rings. The first kappa shape index (κ1) is 39.4. The maximum Gasteiger partial charge on any atom is 0.273 e. The minimum atomic E-state index is -0.347. The molecule has 5 rings (SSSR count). The number of benzene rings is 4. The molecule has 53 heavy (non-hydrogen) atoms. The van der Waals surface area contributed by atoms with E-state index in [1.54, 1.807) is 23.0 Å². The Balaban J connectivity index is 1.48. The van der Waals surface area contributed by atoms with Crippen LogP contribution in [0, 0.1) is 26.9 Å². The Morgan fingerprint density at radius 1 is 0.811 bits per heavy atom. The minimum absolute atomic E-state index is 0.0167. The highest BCUT2D eigenvalue weighted by atomic mass is 16.6. The monoisotopic (exact) mass is 714 g/mol. The van der Waals surface area contributed by atoms with Gasteiger partial charge >= 0.3 is 0 Å². The van der Waals surface area contributed by atoms with Crippen LogP contribution in [0.25, 0.3) is 11.3 Å². The molecule has 1 heterocycles. The summed E-state index contributed by atoms with van der Waals surface area (Å²) in [7, 11) is 0. The average Bonchev–Trinajstić information content (AvgIpc) is 3.64. The van der Waals surface area contributed by atoms with Gasteiger partial charge in [-0.15, -0.1) is 5.10 Å². The van der Waals surface area contributed by atoms with E-state index in [1.165, 1.54) is 29.2 Å². The summed E-state index contributed by atoms with van der Waals surface area (Å²) in [6.45, 7) is 20.9. The van der Waals surface area contributed by atoms with Gasteiger partial charge in [0.25, 0.3) is 5.69 Å². The van der Waals surface area contributed by atoms with Gasteiger partial charge in [-0.3, -0.25) is 10.1 Å². The van der Waals surface area contributed by atoms with Gasteiger partial charge in [-0.05, 0) is 76.7 Å². The van der Waals surface area contributed by atoms with Gasteiger partial charge in [-0.2, -0.15) is 0 Å². The molecule has 7 nitrogen and oxygen atoms in total. The van der Waals surface area contributed by atoms with E-state index in [1.807, 2.05) is 13.8 Å². The highest BCUT2D eigenvalue weighted by Gasteiger charge is 2.44. The summed E-state index contributed by atoms with van der Waals surface area (Å²) < 4.78 is 7.82. The van der Waals surface area contributed by atoms with Crippen molar-refractivity contribution in [3.05, 3.63) is 142 Å². The first-order valence-electron chi connectivity index (χ1n) is 19.2. The Bertz CT molecular complexity index is 1930. The summed E-state index contributed by atoms with van der Waals surface area (Å²) in [5.74, 6) is 1.52. The summed E-state index contributed by atoms with van der Waals surface area (Å²) in [5.41, 5.74) is 6.53. The largest absolute Gasteiger partial charge is 0.471 e. The summed E-state index contributed by atoms with van der Waals surface area (Å²) in [4.78, 5) is 11.2. The van der Waals surface area contributed by atoms with Crippen LogP contribution in [0.3, 0.4) is 0 Å². The molecule has 0 spiro atoms. The Morgan fingerprint density at radius 3 is 2.02 bits per heavy atom. The quantitative estimate of drug-likeness (QED) is 0.0707. The number of nitro groups is 1. The van der Waals surface area contributed by atoms with E-state index in [4.69, 9.17) is 4.74 Å². The van der Waals surface area contributed by atoms with Crippen LogP contribution in [-0.2, 0) is 12.1 Å². The Kier molecular flexibility index (Phi) is 12.3. The van der Waals surface area contributed by atoms with Gasteiger partial charge in [0, 0.05) is 22.6 Å². The average molecular weight is 715 g/mol. The van der Waals surface area contributed by atoms with E-state index in [2.05, 4.69) is 144 Å². The molecule has 7 heteroatoms. The standard InChI is InChI=1S/C46H58N4O3/c1-10-34(5)44(6,7)29-41(35-18-14-12-15-19-35)45(8,9)31-46(11-2,37-20-16-13-17-21-37)38-24-22-36(23-25-38)43-30-47-48-49(43)32-53-39-26-27-42(50(51)52)40(28-39)33(3)4/h12-28,30,33-34,41H,10-11,29,31-32H2,1-9H3. The number of hydrogen-bond acceptors (Lipinski definition) is 5. The van der Waals surface area contributed by atoms with Crippen molar-refractivity contribution >= 4 is 5.69 Å². The highest BCUT2D eigenvalue weighted by molar-refractivity contribution is 5.60. The molecule has 0 aliphatic heterocycles. The Labute approximate surface area is 317 Å². The molecule has 3 unspecified atom stereocenters. The smallest absolute Gasteiger partial charge is 0.273 e. The maximum absolute atomic E-state index is 11.6. The van der Waals surface area contributed by atoms with Gasteiger partial charge in [0.2, 0.25) is 0 Å². The van der Waals surface area contributed by atoms with E-state index in [9.17, 15) is 10.1 Å². The molecule has 0 amide bonds. The fourth-order valence-electron chi connectivity index (χ4n) is 8.30. The second-order valence-corrected chi connectivity index (χ2v) is 16.5. The Morgan fingerprint density at radius 2 is 1.43 bits per heavy atom. The zero-order chi connectivity index (χ0) is 38.4. The van der Waals surface area contributed by atoms with Gasteiger partial charge in [0.1, 0.15) is 5.75 Å². The molecule has 0 N–H and O–H groups in total. The highest BCUT2D eigenvalue weighted by Crippen LogP contribution is 2.54. The van der Waals surface area contributed by atoms with Crippen molar-refractivity contribution in [2.75, 3.05) is 0 Å². The Hall–Kier alpha value is -4.78. The number of hydrogen-bond donors (Lipinski definition) is 0. The zero-order valence-corrected chi connectivity index (χ0v) is 33.2. The van der Waals surface area contributed by atoms with Gasteiger partial charge < -0.3 is 4.74 Å². The number of nitro benzene ring substituents is 1. The summed E-state index contributed by atoms with van der Waals surface area (Å²) in [6.07, 6.45) is 5.98. The van der Waals surface area contributed by atoms with Gasteiger partial charge in [0.15, 0.2) is 6.73 Å². The SMILES string of the molecule is CCC(C)C(C)(C)CC(c1ccccc1)C(C)(C)CC(CC)(c1ccccc1)c1ccc(-c2cnnn2COc2ccc([N+](=O)[O-])c(C(C)C)c2)cc1. The van der Waals surface area contributed by atoms with Gasteiger partial charge in [-0.1, -0.05) is 159 Å². The van der Waals surface area contributed by atoms with E-state index < -0.39 is 0 Å². The van der Waals surface area contributed by atoms with Crippen molar-refractivity contribution in [3.8, 4) is 17.0 Å². The van der Waals surface area contributed by atoms with Crippen molar-refractivity contribution in [1.29, 1.82) is 0 Å². The molecule has 0 saturated carbocycles. The molecule has 0 bridgehead atoms.